The minimum Gasteiger partial charge on any atom is -0.321 e. The Bertz CT molecular complexity index is 421. The number of piperazine rings is 1. The first-order valence-corrected chi connectivity index (χ1v) is 11.8. The second-order valence-corrected chi connectivity index (χ2v) is 12.7. The molecular formula is C18H32N2Si. The molecule has 21 heavy (non-hydrogen) atoms. The highest BCUT2D eigenvalue weighted by atomic mass is 28.3. The fraction of sp³-hybridized carbons (Fsp3) is 0.778. The number of hydrogen-bond donors (Lipinski definition) is 1. The van der Waals surface area contributed by atoms with Crippen LogP contribution in [0.25, 0.3) is 0 Å². The Labute approximate surface area is 131 Å². The topological polar surface area (TPSA) is 15.3 Å². The van der Waals surface area contributed by atoms with E-state index in [1.807, 2.05) is 0 Å². The molecule has 3 unspecified atom stereocenters. The summed E-state index contributed by atoms with van der Waals surface area (Å²) in [6.07, 6.45) is 11.1. The van der Waals surface area contributed by atoms with E-state index in [-0.39, 0.29) is 0 Å². The standard InChI is InChI=1S/C18H32N2Si/c1-14(2)17-13-18(16-8-6-5-7-15(16)17)21(3,4)20-11-9-19-10-12-20/h5-8,14-19H,9-13H2,1-4H3/t15?,16?,17-,18?/m1/s1. The van der Waals surface area contributed by atoms with Gasteiger partial charge in [-0.3, -0.25) is 0 Å². The van der Waals surface area contributed by atoms with Crippen LogP contribution in [0.3, 0.4) is 0 Å². The summed E-state index contributed by atoms with van der Waals surface area (Å²) < 4.78 is 2.88. The predicted molar refractivity (Wildman–Crippen MR) is 93.9 cm³/mol. The molecule has 3 aliphatic rings. The lowest BCUT2D eigenvalue weighted by Crippen LogP contribution is -2.59. The summed E-state index contributed by atoms with van der Waals surface area (Å²) in [6.45, 7) is 15.0. The molecule has 4 atom stereocenters. The summed E-state index contributed by atoms with van der Waals surface area (Å²) in [5.41, 5.74) is 0.925. The third kappa shape index (κ3) is 2.80. The van der Waals surface area contributed by atoms with Gasteiger partial charge >= 0.3 is 0 Å². The number of allylic oxidation sites excluding steroid dienone is 4. The largest absolute Gasteiger partial charge is 0.321 e. The molecule has 2 aliphatic carbocycles. The Morgan fingerprint density at radius 3 is 2.29 bits per heavy atom. The molecule has 1 saturated carbocycles. The minimum atomic E-state index is -1.36. The molecule has 0 aromatic rings. The Kier molecular flexibility index (Phi) is 4.44. The van der Waals surface area contributed by atoms with E-state index in [2.05, 4.69) is 61.1 Å². The van der Waals surface area contributed by atoms with Crippen LogP contribution in [0.5, 0.6) is 0 Å². The van der Waals surface area contributed by atoms with Gasteiger partial charge in [0.25, 0.3) is 0 Å². The maximum absolute atomic E-state index is 3.52. The molecule has 3 rings (SSSR count). The highest BCUT2D eigenvalue weighted by molar-refractivity contribution is 6.76. The van der Waals surface area contributed by atoms with Crippen molar-refractivity contribution in [1.29, 1.82) is 0 Å². The van der Waals surface area contributed by atoms with Gasteiger partial charge in [-0.1, -0.05) is 51.2 Å². The molecule has 1 aliphatic heterocycles. The molecule has 0 spiro atoms. The van der Waals surface area contributed by atoms with Crippen LogP contribution in [0, 0.1) is 23.7 Å². The van der Waals surface area contributed by atoms with Crippen LogP contribution in [0.1, 0.15) is 20.3 Å². The van der Waals surface area contributed by atoms with Gasteiger partial charge < -0.3 is 9.88 Å². The number of rotatable bonds is 3. The molecule has 1 heterocycles. The summed E-state index contributed by atoms with van der Waals surface area (Å²) in [6, 6.07) is 0. The van der Waals surface area contributed by atoms with Gasteiger partial charge in [0, 0.05) is 26.2 Å². The highest BCUT2D eigenvalue weighted by Gasteiger charge is 2.51. The van der Waals surface area contributed by atoms with Crippen molar-refractivity contribution >= 4 is 8.24 Å². The Balaban J connectivity index is 1.83. The summed E-state index contributed by atoms with van der Waals surface area (Å²) in [5, 5.41) is 3.52. The Hall–Kier alpha value is -0.383. The van der Waals surface area contributed by atoms with Gasteiger partial charge in [0.05, 0.1) is 0 Å². The van der Waals surface area contributed by atoms with Crippen molar-refractivity contribution in [2.75, 3.05) is 26.2 Å². The van der Waals surface area contributed by atoms with Gasteiger partial charge in [-0.15, -0.1) is 0 Å². The van der Waals surface area contributed by atoms with Crippen LogP contribution >= 0.6 is 0 Å². The number of fused-ring (bicyclic) bond motifs is 1. The lowest BCUT2D eigenvalue weighted by atomic mass is 9.81. The van der Waals surface area contributed by atoms with Crippen molar-refractivity contribution in [1.82, 2.24) is 9.88 Å². The van der Waals surface area contributed by atoms with Crippen LogP contribution in [0.15, 0.2) is 24.3 Å². The maximum Gasteiger partial charge on any atom is 0.126 e. The first-order valence-electron chi connectivity index (χ1n) is 8.82. The zero-order chi connectivity index (χ0) is 15.0. The summed E-state index contributed by atoms with van der Waals surface area (Å²) >= 11 is 0. The van der Waals surface area contributed by atoms with Gasteiger partial charge in [-0.2, -0.15) is 0 Å². The fourth-order valence-electron chi connectivity index (χ4n) is 5.03. The summed E-state index contributed by atoms with van der Waals surface area (Å²) in [5.74, 6) is 3.30. The van der Waals surface area contributed by atoms with Gasteiger partial charge in [0.1, 0.15) is 8.24 Å². The normalized spacial score (nSPS) is 37.2. The average Bonchev–Trinajstić information content (AvgIpc) is 2.88. The molecular weight excluding hydrogens is 272 g/mol. The van der Waals surface area contributed by atoms with Crippen LogP contribution in [0.4, 0.5) is 0 Å². The number of nitrogens with one attached hydrogen (secondary N) is 1. The van der Waals surface area contributed by atoms with Gasteiger partial charge in [-0.05, 0) is 35.6 Å². The van der Waals surface area contributed by atoms with Gasteiger partial charge in [-0.25, -0.2) is 0 Å². The van der Waals surface area contributed by atoms with Crippen molar-refractivity contribution in [3.63, 3.8) is 0 Å². The maximum atomic E-state index is 3.52. The Morgan fingerprint density at radius 2 is 1.67 bits per heavy atom. The second-order valence-electron chi connectivity index (χ2n) is 8.07. The molecule has 2 nitrogen and oxygen atoms in total. The van der Waals surface area contributed by atoms with Crippen LogP contribution < -0.4 is 5.32 Å². The number of nitrogens with zero attached hydrogens (tertiary/aromatic N) is 1. The minimum absolute atomic E-state index is 0.801. The van der Waals surface area contributed by atoms with Crippen molar-refractivity contribution < 1.29 is 0 Å². The molecule has 0 bridgehead atoms. The SMILES string of the molecule is CC(C)[C@H]1CC([Si](C)(C)N2CCNCC2)C2C=CC=CC21. The number of hydrogen-bond acceptors (Lipinski definition) is 2. The first kappa shape index (κ1) is 15.5. The van der Waals surface area contributed by atoms with E-state index < -0.39 is 8.24 Å². The molecule has 2 fully saturated rings. The molecule has 1 saturated heterocycles. The second kappa shape index (κ2) is 6.02. The summed E-state index contributed by atoms with van der Waals surface area (Å²) in [7, 11) is -1.36. The molecule has 1 N–H and O–H groups in total. The van der Waals surface area contributed by atoms with Crippen molar-refractivity contribution in [3.05, 3.63) is 24.3 Å². The van der Waals surface area contributed by atoms with Crippen molar-refractivity contribution in [2.24, 2.45) is 23.7 Å². The van der Waals surface area contributed by atoms with Crippen LogP contribution in [-0.2, 0) is 0 Å². The van der Waals surface area contributed by atoms with E-state index in [9.17, 15) is 0 Å². The Morgan fingerprint density at radius 1 is 1.05 bits per heavy atom. The van der Waals surface area contributed by atoms with Gasteiger partial charge in [0.15, 0.2) is 0 Å². The zero-order valence-corrected chi connectivity index (χ0v) is 15.2. The van der Waals surface area contributed by atoms with Crippen LogP contribution in [0.2, 0.25) is 18.6 Å². The van der Waals surface area contributed by atoms with E-state index in [0.717, 1.165) is 29.2 Å². The third-order valence-electron chi connectivity index (χ3n) is 6.40. The van der Waals surface area contributed by atoms with Crippen molar-refractivity contribution in [3.8, 4) is 0 Å². The molecule has 0 aromatic carbocycles. The lowest BCUT2D eigenvalue weighted by molar-refractivity contribution is 0.320. The summed E-state index contributed by atoms with van der Waals surface area (Å²) in [4.78, 5) is 0. The zero-order valence-electron chi connectivity index (χ0n) is 14.2. The molecule has 0 amide bonds. The average molecular weight is 305 g/mol. The smallest absolute Gasteiger partial charge is 0.126 e. The molecule has 3 heteroatoms. The third-order valence-corrected chi connectivity index (χ3v) is 10.9. The first-order chi connectivity index (χ1) is 10.0. The van der Waals surface area contributed by atoms with Crippen LogP contribution in [-0.4, -0.2) is 39.0 Å². The highest BCUT2D eigenvalue weighted by Crippen LogP contribution is 2.55. The molecule has 118 valence electrons. The van der Waals surface area contributed by atoms with E-state index >= 15 is 0 Å². The van der Waals surface area contributed by atoms with E-state index in [1.54, 1.807) is 0 Å². The van der Waals surface area contributed by atoms with Gasteiger partial charge in [0.2, 0.25) is 0 Å². The molecule has 0 aromatic heterocycles. The lowest BCUT2D eigenvalue weighted by Gasteiger charge is -2.45. The van der Waals surface area contributed by atoms with E-state index in [0.29, 0.717) is 0 Å². The quantitative estimate of drug-likeness (QED) is 0.803. The van der Waals surface area contributed by atoms with E-state index in [1.165, 1.54) is 32.6 Å². The monoisotopic (exact) mass is 304 g/mol. The van der Waals surface area contributed by atoms with E-state index in [4.69, 9.17) is 0 Å². The predicted octanol–water partition coefficient (Wildman–Crippen LogP) is 3.50. The van der Waals surface area contributed by atoms with Crippen molar-refractivity contribution in [2.45, 2.75) is 38.9 Å². The molecule has 0 radical (unpaired) electrons. The fourth-order valence-corrected chi connectivity index (χ4v) is 9.00.